The highest BCUT2D eigenvalue weighted by atomic mass is 19.1. The molecule has 1 unspecified atom stereocenters. The van der Waals surface area contributed by atoms with E-state index < -0.39 is 0 Å². The Balaban J connectivity index is 2.57. The van der Waals surface area contributed by atoms with Crippen LogP contribution < -0.4 is 11.1 Å². The Bertz CT molecular complexity index is 364. The van der Waals surface area contributed by atoms with Gasteiger partial charge in [0, 0.05) is 5.92 Å². The van der Waals surface area contributed by atoms with Crippen molar-refractivity contribution in [2.45, 2.75) is 26.3 Å². The van der Waals surface area contributed by atoms with Crippen molar-refractivity contribution >= 4 is 5.91 Å². The van der Waals surface area contributed by atoms with E-state index >= 15 is 0 Å². The molecule has 0 heterocycles. The minimum Gasteiger partial charge on any atom is -0.349 e. The maximum Gasteiger partial charge on any atom is 0.223 e. The molecular weight excluding hydrogens is 219 g/mol. The smallest absolute Gasteiger partial charge is 0.223 e. The lowest BCUT2D eigenvalue weighted by atomic mass is 10.0. The first-order chi connectivity index (χ1) is 8.04. The Kier molecular flexibility index (Phi) is 5.10. The van der Waals surface area contributed by atoms with Crippen LogP contribution in [0, 0.1) is 11.7 Å². The second-order valence-electron chi connectivity index (χ2n) is 4.26. The molecule has 1 aromatic rings. The predicted octanol–water partition coefficient (Wildman–Crippen LogP) is 1.99. The predicted molar refractivity (Wildman–Crippen MR) is 65.8 cm³/mol. The topological polar surface area (TPSA) is 55.1 Å². The van der Waals surface area contributed by atoms with Crippen molar-refractivity contribution in [2.24, 2.45) is 11.7 Å². The molecule has 0 aliphatic carbocycles. The fourth-order valence-corrected chi connectivity index (χ4v) is 1.57. The van der Waals surface area contributed by atoms with Crippen LogP contribution in [0.4, 0.5) is 4.39 Å². The van der Waals surface area contributed by atoms with Gasteiger partial charge in [0.1, 0.15) is 5.82 Å². The molecule has 94 valence electrons. The van der Waals surface area contributed by atoms with Gasteiger partial charge < -0.3 is 11.1 Å². The molecule has 0 aliphatic rings. The molecule has 0 aromatic heterocycles. The van der Waals surface area contributed by atoms with E-state index in [2.05, 4.69) is 5.32 Å². The molecule has 0 bridgehead atoms. The van der Waals surface area contributed by atoms with Crippen LogP contribution in [0.1, 0.15) is 31.9 Å². The number of carbonyl (C=O) groups excluding carboxylic acids is 1. The van der Waals surface area contributed by atoms with Gasteiger partial charge in [-0.15, -0.1) is 0 Å². The van der Waals surface area contributed by atoms with Crippen LogP contribution in [0.2, 0.25) is 0 Å². The minimum absolute atomic E-state index is 0.0210. The Morgan fingerprint density at radius 3 is 2.47 bits per heavy atom. The first kappa shape index (κ1) is 13.6. The summed E-state index contributed by atoms with van der Waals surface area (Å²) >= 11 is 0. The molecule has 17 heavy (non-hydrogen) atoms. The molecule has 3 N–H and O–H groups in total. The maximum absolute atomic E-state index is 12.7. The summed E-state index contributed by atoms with van der Waals surface area (Å²) in [7, 11) is 0. The van der Waals surface area contributed by atoms with Crippen molar-refractivity contribution in [1.29, 1.82) is 0 Å². The maximum atomic E-state index is 12.7. The Labute approximate surface area is 101 Å². The number of hydrogen-bond acceptors (Lipinski definition) is 2. The number of hydrogen-bond donors (Lipinski definition) is 2. The second kappa shape index (κ2) is 6.35. The first-order valence-electron chi connectivity index (χ1n) is 5.80. The summed E-state index contributed by atoms with van der Waals surface area (Å²) in [4.78, 5) is 11.7. The fourth-order valence-electron chi connectivity index (χ4n) is 1.57. The van der Waals surface area contributed by atoms with Gasteiger partial charge >= 0.3 is 0 Å². The third-order valence-electron chi connectivity index (χ3n) is 2.78. The quantitative estimate of drug-likeness (QED) is 0.824. The lowest BCUT2D eigenvalue weighted by Crippen LogP contribution is -2.32. The largest absolute Gasteiger partial charge is 0.349 e. The van der Waals surface area contributed by atoms with Gasteiger partial charge in [-0.1, -0.05) is 19.1 Å². The van der Waals surface area contributed by atoms with Crippen molar-refractivity contribution in [1.82, 2.24) is 5.32 Å². The average molecular weight is 238 g/mol. The monoisotopic (exact) mass is 238 g/mol. The van der Waals surface area contributed by atoms with Gasteiger partial charge in [-0.2, -0.15) is 0 Å². The molecule has 3 nitrogen and oxygen atoms in total. The van der Waals surface area contributed by atoms with Crippen molar-refractivity contribution in [3.63, 3.8) is 0 Å². The van der Waals surface area contributed by atoms with Gasteiger partial charge in [0.2, 0.25) is 5.91 Å². The zero-order valence-corrected chi connectivity index (χ0v) is 10.2. The third-order valence-corrected chi connectivity index (χ3v) is 2.78. The third kappa shape index (κ3) is 4.15. The van der Waals surface area contributed by atoms with Crippen LogP contribution >= 0.6 is 0 Å². The van der Waals surface area contributed by atoms with Gasteiger partial charge in [0.15, 0.2) is 0 Å². The SMILES string of the molecule is CC(CCN)C(=O)N[C@@H](C)c1ccc(F)cc1. The van der Waals surface area contributed by atoms with Crippen LogP contribution in [-0.4, -0.2) is 12.5 Å². The van der Waals surface area contributed by atoms with Crippen LogP contribution in [0.5, 0.6) is 0 Å². The lowest BCUT2D eigenvalue weighted by Gasteiger charge is -2.17. The van der Waals surface area contributed by atoms with Crippen LogP contribution in [0.25, 0.3) is 0 Å². The minimum atomic E-state index is -0.274. The molecule has 2 atom stereocenters. The Morgan fingerprint density at radius 1 is 1.35 bits per heavy atom. The van der Waals surface area contributed by atoms with Crippen molar-refractivity contribution < 1.29 is 9.18 Å². The summed E-state index contributed by atoms with van der Waals surface area (Å²) in [5, 5.41) is 2.88. The molecule has 0 aliphatic heterocycles. The highest BCUT2D eigenvalue weighted by Gasteiger charge is 2.15. The number of nitrogens with one attached hydrogen (secondary N) is 1. The average Bonchev–Trinajstić information content (AvgIpc) is 2.30. The van der Waals surface area contributed by atoms with Crippen LogP contribution in [0.3, 0.4) is 0 Å². The number of halogens is 1. The van der Waals surface area contributed by atoms with Gasteiger partial charge in [-0.25, -0.2) is 4.39 Å². The van der Waals surface area contributed by atoms with E-state index in [1.807, 2.05) is 13.8 Å². The molecule has 0 spiro atoms. The molecule has 1 aromatic carbocycles. The molecule has 1 amide bonds. The normalized spacial score (nSPS) is 14.1. The zero-order valence-electron chi connectivity index (χ0n) is 10.2. The summed E-state index contributed by atoms with van der Waals surface area (Å²) in [6.07, 6.45) is 0.669. The van der Waals surface area contributed by atoms with Crippen LogP contribution in [-0.2, 0) is 4.79 Å². The number of carbonyl (C=O) groups is 1. The fraction of sp³-hybridized carbons (Fsp3) is 0.462. The summed E-state index contributed by atoms with van der Waals surface area (Å²) in [5.41, 5.74) is 6.29. The number of benzene rings is 1. The summed E-state index contributed by atoms with van der Waals surface area (Å²) < 4.78 is 12.7. The van der Waals surface area contributed by atoms with E-state index in [-0.39, 0.29) is 23.7 Å². The summed E-state index contributed by atoms with van der Waals surface area (Å²) in [6.45, 7) is 4.22. The van der Waals surface area contributed by atoms with Crippen molar-refractivity contribution in [3.05, 3.63) is 35.6 Å². The summed E-state index contributed by atoms with van der Waals surface area (Å²) in [5.74, 6) is -0.390. The highest BCUT2D eigenvalue weighted by Crippen LogP contribution is 2.14. The summed E-state index contributed by atoms with van der Waals surface area (Å²) in [6, 6.07) is 6.01. The molecule has 0 radical (unpaired) electrons. The standard InChI is InChI=1S/C13H19FN2O/c1-9(7-8-15)13(17)16-10(2)11-3-5-12(14)6-4-11/h3-6,9-10H,7-8,15H2,1-2H3,(H,16,17)/t9?,10-/m0/s1. The van der Waals surface area contributed by atoms with Crippen molar-refractivity contribution in [2.75, 3.05) is 6.54 Å². The molecule has 1 rings (SSSR count). The molecule has 0 saturated carbocycles. The van der Waals surface area contributed by atoms with Crippen LogP contribution in [0.15, 0.2) is 24.3 Å². The number of rotatable bonds is 5. The van der Waals surface area contributed by atoms with Gasteiger partial charge in [-0.05, 0) is 37.6 Å². The van der Waals surface area contributed by atoms with E-state index in [9.17, 15) is 9.18 Å². The van der Waals surface area contributed by atoms with E-state index in [1.54, 1.807) is 12.1 Å². The second-order valence-corrected chi connectivity index (χ2v) is 4.26. The Morgan fingerprint density at radius 2 is 1.94 bits per heavy atom. The first-order valence-corrected chi connectivity index (χ1v) is 5.80. The van der Waals surface area contributed by atoms with Gasteiger partial charge in [0.05, 0.1) is 6.04 Å². The van der Waals surface area contributed by atoms with Gasteiger partial charge in [-0.3, -0.25) is 4.79 Å². The van der Waals surface area contributed by atoms with Gasteiger partial charge in [0.25, 0.3) is 0 Å². The molecule has 4 heteroatoms. The van der Waals surface area contributed by atoms with E-state index in [1.165, 1.54) is 12.1 Å². The molecule has 0 fully saturated rings. The van der Waals surface area contributed by atoms with E-state index in [4.69, 9.17) is 5.73 Å². The molecule has 0 saturated heterocycles. The van der Waals surface area contributed by atoms with E-state index in [0.717, 1.165) is 5.56 Å². The lowest BCUT2D eigenvalue weighted by molar-refractivity contribution is -0.125. The number of nitrogens with two attached hydrogens (primary N) is 1. The number of amides is 1. The molecular formula is C13H19FN2O. The highest BCUT2D eigenvalue weighted by molar-refractivity contribution is 5.78. The van der Waals surface area contributed by atoms with E-state index in [0.29, 0.717) is 13.0 Å². The zero-order chi connectivity index (χ0) is 12.8. The van der Waals surface area contributed by atoms with Crippen molar-refractivity contribution in [3.8, 4) is 0 Å². The Hall–Kier alpha value is -1.42.